The topological polar surface area (TPSA) is 34.0 Å². The number of carbonyl (C=O) groups is 1. The van der Waals surface area contributed by atoms with Crippen LogP contribution in [0.2, 0.25) is 0 Å². The van der Waals surface area contributed by atoms with Crippen molar-refractivity contribution in [3.8, 4) is 11.5 Å². The highest BCUT2D eigenvalue weighted by Crippen LogP contribution is 2.21. The molecule has 0 radical (unpaired) electrons. The Kier molecular flexibility index (Phi) is 5.86. The molecule has 148 valence electrons. The van der Waals surface area contributed by atoms with Gasteiger partial charge in [-0.2, -0.15) is 0 Å². The maximum Gasteiger partial charge on any atom is 0.254 e. The smallest absolute Gasteiger partial charge is 0.254 e. The van der Waals surface area contributed by atoms with E-state index in [2.05, 4.69) is 12.1 Å². The first kappa shape index (κ1) is 19.2. The van der Waals surface area contributed by atoms with Gasteiger partial charge in [0, 0.05) is 11.1 Å². The summed E-state index contributed by atoms with van der Waals surface area (Å²) in [4.78, 5) is 15.8. The molecule has 5 heteroatoms. The molecule has 4 nitrogen and oxygen atoms in total. The third-order valence-electron chi connectivity index (χ3n) is 5.16. The van der Waals surface area contributed by atoms with Gasteiger partial charge in [-0.1, -0.05) is 36.4 Å². The van der Waals surface area contributed by atoms with Crippen LogP contribution in [0, 0.1) is 5.82 Å². The normalized spacial score (nSPS) is 14.6. The van der Waals surface area contributed by atoms with Gasteiger partial charge in [-0.05, 0) is 42.5 Å². The monoisotopic (exact) mass is 391 g/mol. The lowest BCUT2D eigenvalue weighted by molar-refractivity contribution is -0.917. The lowest BCUT2D eigenvalue weighted by atomic mass is 10.1. The maximum absolute atomic E-state index is 13.4. The lowest BCUT2D eigenvalue weighted by Gasteiger charge is -2.32. The van der Waals surface area contributed by atoms with Gasteiger partial charge < -0.3 is 14.5 Å². The Labute approximate surface area is 170 Å². The minimum Gasteiger partial charge on any atom is -0.457 e. The number of nitrogens with zero attached hydrogens (tertiary/aromatic N) is 1. The van der Waals surface area contributed by atoms with E-state index in [0.29, 0.717) is 18.7 Å². The number of nitrogens with one attached hydrogen (secondary N) is 1. The fraction of sp³-hybridized carbons (Fsp3) is 0.208. The van der Waals surface area contributed by atoms with Gasteiger partial charge in [-0.15, -0.1) is 0 Å². The molecular formula is C24H24FN2O2+. The van der Waals surface area contributed by atoms with Crippen molar-refractivity contribution in [2.75, 3.05) is 26.2 Å². The second-order valence-corrected chi connectivity index (χ2v) is 7.29. The summed E-state index contributed by atoms with van der Waals surface area (Å²) >= 11 is 0. The Morgan fingerprint density at radius 1 is 0.897 bits per heavy atom. The van der Waals surface area contributed by atoms with Gasteiger partial charge >= 0.3 is 0 Å². The van der Waals surface area contributed by atoms with E-state index in [4.69, 9.17) is 4.74 Å². The first-order valence-corrected chi connectivity index (χ1v) is 9.88. The molecule has 29 heavy (non-hydrogen) atoms. The molecule has 3 aromatic carbocycles. The molecule has 1 aliphatic rings. The molecule has 1 fully saturated rings. The van der Waals surface area contributed by atoms with Crippen molar-refractivity contribution in [1.82, 2.24) is 4.90 Å². The number of halogens is 1. The van der Waals surface area contributed by atoms with Gasteiger partial charge in [0.25, 0.3) is 5.91 Å². The first-order chi connectivity index (χ1) is 14.2. The summed E-state index contributed by atoms with van der Waals surface area (Å²) < 4.78 is 19.3. The molecule has 4 rings (SSSR count). The standard InChI is InChI=1S/C24H23FN2O2/c25-21-8-5-7-20(17-21)24(28)27-14-12-26(13-15-27)18-19-6-4-11-23(16-19)29-22-9-2-1-3-10-22/h1-11,16-17H,12-15,18H2/p+1. The number of para-hydroxylation sites is 1. The molecule has 1 amide bonds. The number of benzene rings is 3. The zero-order chi connectivity index (χ0) is 20.1. The highest BCUT2D eigenvalue weighted by Gasteiger charge is 2.24. The van der Waals surface area contributed by atoms with Crippen molar-refractivity contribution in [2.45, 2.75) is 6.54 Å². The van der Waals surface area contributed by atoms with E-state index in [9.17, 15) is 9.18 Å². The van der Waals surface area contributed by atoms with E-state index >= 15 is 0 Å². The van der Waals surface area contributed by atoms with Crippen LogP contribution in [-0.4, -0.2) is 37.0 Å². The summed E-state index contributed by atoms with van der Waals surface area (Å²) in [5, 5.41) is 0. The van der Waals surface area contributed by atoms with Crippen LogP contribution in [0.3, 0.4) is 0 Å². The van der Waals surface area contributed by atoms with Crippen LogP contribution in [0.4, 0.5) is 4.39 Å². The molecule has 0 aromatic heterocycles. The number of hydrogen-bond acceptors (Lipinski definition) is 2. The minimum atomic E-state index is -0.377. The zero-order valence-corrected chi connectivity index (χ0v) is 16.2. The fourth-order valence-electron chi connectivity index (χ4n) is 3.64. The molecule has 0 atom stereocenters. The molecule has 1 N–H and O–H groups in total. The van der Waals surface area contributed by atoms with Crippen LogP contribution < -0.4 is 9.64 Å². The largest absolute Gasteiger partial charge is 0.457 e. The van der Waals surface area contributed by atoms with Crippen LogP contribution in [0.1, 0.15) is 15.9 Å². The number of ether oxygens (including phenoxy) is 1. The van der Waals surface area contributed by atoms with Gasteiger partial charge in [0.2, 0.25) is 0 Å². The van der Waals surface area contributed by atoms with Crippen LogP contribution >= 0.6 is 0 Å². The summed E-state index contributed by atoms with van der Waals surface area (Å²) in [6, 6.07) is 23.8. The fourth-order valence-corrected chi connectivity index (χ4v) is 3.64. The Morgan fingerprint density at radius 3 is 2.38 bits per heavy atom. The molecule has 0 bridgehead atoms. The summed E-state index contributed by atoms with van der Waals surface area (Å²) in [7, 11) is 0. The number of amides is 1. The molecule has 1 saturated heterocycles. The van der Waals surface area contributed by atoms with E-state index < -0.39 is 0 Å². The number of hydrogen-bond donors (Lipinski definition) is 1. The third-order valence-corrected chi connectivity index (χ3v) is 5.16. The summed E-state index contributed by atoms with van der Waals surface area (Å²) in [6.45, 7) is 3.96. The summed E-state index contributed by atoms with van der Waals surface area (Å²) in [5.41, 5.74) is 1.62. The Hall–Kier alpha value is -3.18. The van der Waals surface area contributed by atoms with Gasteiger partial charge in [0.1, 0.15) is 23.9 Å². The summed E-state index contributed by atoms with van der Waals surface area (Å²) in [6.07, 6.45) is 0. The average molecular weight is 391 g/mol. The lowest BCUT2D eigenvalue weighted by Crippen LogP contribution is -3.13. The third kappa shape index (κ3) is 5.00. The number of carbonyl (C=O) groups excluding carboxylic acids is 1. The van der Waals surface area contributed by atoms with E-state index in [0.717, 1.165) is 31.1 Å². The van der Waals surface area contributed by atoms with Crippen molar-refractivity contribution in [1.29, 1.82) is 0 Å². The SMILES string of the molecule is O=C(c1cccc(F)c1)N1CC[NH+](Cc2cccc(Oc3ccccc3)c2)CC1. The second kappa shape index (κ2) is 8.88. The van der Waals surface area contributed by atoms with E-state index in [1.807, 2.05) is 47.4 Å². The van der Waals surface area contributed by atoms with Crippen molar-refractivity contribution in [3.63, 3.8) is 0 Å². The molecular weight excluding hydrogens is 367 g/mol. The molecule has 0 unspecified atom stereocenters. The predicted octanol–water partition coefficient (Wildman–Crippen LogP) is 3.16. The van der Waals surface area contributed by atoms with Gasteiger partial charge in [0.15, 0.2) is 0 Å². The number of quaternary nitrogens is 1. The highest BCUT2D eigenvalue weighted by molar-refractivity contribution is 5.94. The Bertz CT molecular complexity index is 969. The second-order valence-electron chi connectivity index (χ2n) is 7.29. The predicted molar refractivity (Wildman–Crippen MR) is 110 cm³/mol. The average Bonchev–Trinajstić information content (AvgIpc) is 2.75. The van der Waals surface area contributed by atoms with Crippen molar-refractivity contribution < 1.29 is 18.8 Å². The highest BCUT2D eigenvalue weighted by atomic mass is 19.1. The minimum absolute atomic E-state index is 0.0955. The van der Waals surface area contributed by atoms with Crippen molar-refractivity contribution in [2.24, 2.45) is 0 Å². The Balaban J connectivity index is 1.33. The van der Waals surface area contributed by atoms with Gasteiger partial charge in [0.05, 0.1) is 26.2 Å². The zero-order valence-electron chi connectivity index (χ0n) is 16.2. The van der Waals surface area contributed by atoms with Gasteiger partial charge in [-0.3, -0.25) is 4.79 Å². The maximum atomic E-state index is 13.4. The molecule has 1 aliphatic heterocycles. The van der Waals surface area contributed by atoms with E-state index in [-0.39, 0.29) is 11.7 Å². The van der Waals surface area contributed by atoms with Crippen molar-refractivity contribution in [3.05, 3.63) is 95.8 Å². The molecule has 0 spiro atoms. The molecule has 0 saturated carbocycles. The van der Waals surface area contributed by atoms with Crippen LogP contribution in [-0.2, 0) is 6.54 Å². The quantitative estimate of drug-likeness (QED) is 0.725. The van der Waals surface area contributed by atoms with E-state index in [1.54, 1.807) is 12.1 Å². The van der Waals surface area contributed by atoms with Crippen LogP contribution in [0.15, 0.2) is 78.9 Å². The first-order valence-electron chi connectivity index (χ1n) is 9.88. The molecule has 1 heterocycles. The van der Waals surface area contributed by atoms with Crippen molar-refractivity contribution >= 4 is 5.91 Å². The summed E-state index contributed by atoms with van der Waals surface area (Å²) in [5.74, 6) is 1.18. The Morgan fingerprint density at radius 2 is 1.62 bits per heavy atom. The molecule has 3 aromatic rings. The van der Waals surface area contributed by atoms with Gasteiger partial charge in [-0.25, -0.2) is 4.39 Å². The molecule has 0 aliphatic carbocycles. The van der Waals surface area contributed by atoms with Crippen LogP contribution in [0.25, 0.3) is 0 Å². The van der Waals surface area contributed by atoms with Crippen LogP contribution in [0.5, 0.6) is 11.5 Å². The number of piperazine rings is 1. The van der Waals surface area contributed by atoms with E-state index in [1.165, 1.54) is 22.6 Å². The number of rotatable bonds is 5.